The molecule has 0 bridgehead atoms. The molecule has 2 fully saturated rings. The van der Waals surface area contributed by atoms with Gasteiger partial charge in [-0.05, 0) is 36.6 Å². The standard InChI is InChI=1S/C14H17N3/c1-2-16-8-11-12(9-16)14(11)13-7-10-5-3-4-6-17(10)15-13/h3-7,11-12,14H,2,8-9H2,1H3. The van der Waals surface area contributed by atoms with Crippen molar-refractivity contribution in [3.8, 4) is 0 Å². The van der Waals surface area contributed by atoms with Gasteiger partial charge in [-0.15, -0.1) is 0 Å². The van der Waals surface area contributed by atoms with Crippen LogP contribution in [0.1, 0.15) is 18.5 Å². The molecule has 1 aliphatic carbocycles. The lowest BCUT2D eigenvalue weighted by Crippen LogP contribution is -2.23. The number of rotatable bonds is 2. The summed E-state index contributed by atoms with van der Waals surface area (Å²) in [6, 6.07) is 8.51. The monoisotopic (exact) mass is 227 g/mol. The highest BCUT2D eigenvalue weighted by atomic mass is 15.2. The van der Waals surface area contributed by atoms with Gasteiger partial charge in [0.1, 0.15) is 0 Å². The van der Waals surface area contributed by atoms with Gasteiger partial charge in [0.15, 0.2) is 0 Å². The summed E-state index contributed by atoms with van der Waals surface area (Å²) in [5.41, 5.74) is 2.53. The van der Waals surface area contributed by atoms with Crippen molar-refractivity contribution >= 4 is 5.52 Å². The number of likely N-dealkylation sites (tertiary alicyclic amines) is 1. The van der Waals surface area contributed by atoms with E-state index in [2.05, 4.69) is 30.0 Å². The van der Waals surface area contributed by atoms with Gasteiger partial charge in [-0.1, -0.05) is 13.0 Å². The zero-order valence-corrected chi connectivity index (χ0v) is 10.1. The smallest absolute Gasteiger partial charge is 0.0672 e. The number of pyridine rings is 1. The van der Waals surface area contributed by atoms with Crippen LogP contribution in [-0.4, -0.2) is 34.1 Å². The third-order valence-electron chi connectivity index (χ3n) is 4.45. The third kappa shape index (κ3) is 1.35. The summed E-state index contributed by atoms with van der Waals surface area (Å²) in [5, 5.41) is 4.71. The summed E-state index contributed by atoms with van der Waals surface area (Å²) in [4.78, 5) is 2.56. The molecule has 17 heavy (non-hydrogen) atoms. The van der Waals surface area contributed by atoms with Crippen molar-refractivity contribution < 1.29 is 0 Å². The van der Waals surface area contributed by atoms with Crippen molar-refractivity contribution in [2.45, 2.75) is 12.8 Å². The average molecular weight is 227 g/mol. The number of aromatic nitrogens is 2. The van der Waals surface area contributed by atoms with Gasteiger partial charge in [0, 0.05) is 25.2 Å². The number of hydrogen-bond donors (Lipinski definition) is 0. The molecule has 88 valence electrons. The first-order valence-corrected chi connectivity index (χ1v) is 6.53. The van der Waals surface area contributed by atoms with E-state index in [1.165, 1.54) is 30.8 Å². The largest absolute Gasteiger partial charge is 0.303 e. The SMILES string of the molecule is CCN1CC2C(C1)C2c1cc2ccccn2n1. The normalized spacial score (nSPS) is 31.9. The first-order chi connectivity index (χ1) is 8.36. The third-order valence-corrected chi connectivity index (χ3v) is 4.45. The van der Waals surface area contributed by atoms with Crippen molar-refractivity contribution in [1.82, 2.24) is 14.5 Å². The second-order valence-corrected chi connectivity index (χ2v) is 5.34. The maximum atomic E-state index is 4.71. The van der Waals surface area contributed by atoms with Gasteiger partial charge in [0.2, 0.25) is 0 Å². The van der Waals surface area contributed by atoms with Gasteiger partial charge in [0.25, 0.3) is 0 Å². The van der Waals surface area contributed by atoms with Crippen LogP contribution < -0.4 is 0 Å². The van der Waals surface area contributed by atoms with Crippen molar-refractivity contribution in [1.29, 1.82) is 0 Å². The van der Waals surface area contributed by atoms with Crippen LogP contribution >= 0.6 is 0 Å². The topological polar surface area (TPSA) is 20.5 Å². The fourth-order valence-corrected chi connectivity index (χ4v) is 3.43. The molecule has 1 aliphatic heterocycles. The molecule has 1 saturated heterocycles. The van der Waals surface area contributed by atoms with Crippen LogP contribution in [-0.2, 0) is 0 Å². The molecule has 3 nitrogen and oxygen atoms in total. The maximum absolute atomic E-state index is 4.71. The lowest BCUT2D eigenvalue weighted by atomic mass is 10.2. The van der Waals surface area contributed by atoms with Crippen molar-refractivity contribution in [3.05, 3.63) is 36.2 Å². The summed E-state index contributed by atoms with van der Waals surface area (Å²) >= 11 is 0. The number of hydrogen-bond acceptors (Lipinski definition) is 2. The molecule has 0 amide bonds. The van der Waals surface area contributed by atoms with Crippen molar-refractivity contribution in [2.75, 3.05) is 19.6 Å². The first-order valence-electron chi connectivity index (χ1n) is 6.53. The molecule has 4 rings (SSSR count). The van der Waals surface area contributed by atoms with E-state index < -0.39 is 0 Å². The first kappa shape index (κ1) is 9.66. The molecule has 3 heterocycles. The van der Waals surface area contributed by atoms with Gasteiger partial charge >= 0.3 is 0 Å². The van der Waals surface area contributed by atoms with E-state index in [1.54, 1.807) is 0 Å². The van der Waals surface area contributed by atoms with E-state index in [0.29, 0.717) is 0 Å². The van der Waals surface area contributed by atoms with Crippen LogP contribution in [0.5, 0.6) is 0 Å². The zero-order chi connectivity index (χ0) is 11.4. The summed E-state index contributed by atoms with van der Waals surface area (Å²) in [6.45, 7) is 6.01. The van der Waals surface area contributed by atoms with Crippen molar-refractivity contribution in [3.63, 3.8) is 0 Å². The van der Waals surface area contributed by atoms with Gasteiger partial charge < -0.3 is 4.90 Å². The van der Waals surface area contributed by atoms with E-state index in [0.717, 1.165) is 17.8 Å². The van der Waals surface area contributed by atoms with Crippen molar-refractivity contribution in [2.24, 2.45) is 11.8 Å². The number of fused-ring (bicyclic) bond motifs is 2. The Kier molecular flexibility index (Phi) is 1.89. The van der Waals surface area contributed by atoms with Crippen LogP contribution in [0.15, 0.2) is 30.5 Å². The molecule has 2 atom stereocenters. The minimum absolute atomic E-state index is 0.734. The van der Waals surface area contributed by atoms with Gasteiger partial charge in [-0.25, -0.2) is 4.52 Å². The fourth-order valence-electron chi connectivity index (χ4n) is 3.43. The summed E-state index contributed by atoms with van der Waals surface area (Å²) in [6.07, 6.45) is 2.04. The van der Waals surface area contributed by atoms with Gasteiger partial charge in [-0.3, -0.25) is 0 Å². The van der Waals surface area contributed by atoms with Crippen LogP contribution in [0.25, 0.3) is 5.52 Å². The number of nitrogens with zero attached hydrogens (tertiary/aromatic N) is 3. The molecular weight excluding hydrogens is 210 g/mol. The second kappa shape index (κ2) is 3.33. The van der Waals surface area contributed by atoms with E-state index >= 15 is 0 Å². The summed E-state index contributed by atoms with van der Waals surface area (Å²) < 4.78 is 2.00. The quantitative estimate of drug-likeness (QED) is 0.782. The molecule has 2 unspecified atom stereocenters. The van der Waals surface area contributed by atoms with E-state index in [-0.39, 0.29) is 0 Å². The Bertz CT molecular complexity index is 514. The highest BCUT2D eigenvalue weighted by Crippen LogP contribution is 2.57. The van der Waals surface area contributed by atoms with E-state index in [4.69, 9.17) is 5.10 Å². The second-order valence-electron chi connectivity index (χ2n) is 5.34. The molecule has 2 aromatic heterocycles. The molecule has 0 spiro atoms. The van der Waals surface area contributed by atoms with Crippen LogP contribution in [0.4, 0.5) is 0 Å². The molecule has 0 radical (unpaired) electrons. The predicted molar refractivity (Wildman–Crippen MR) is 67.0 cm³/mol. The zero-order valence-electron chi connectivity index (χ0n) is 10.1. The molecule has 0 aromatic carbocycles. The van der Waals surface area contributed by atoms with Crippen LogP contribution in [0.3, 0.4) is 0 Å². The fraction of sp³-hybridized carbons (Fsp3) is 0.500. The lowest BCUT2D eigenvalue weighted by Gasteiger charge is -2.15. The highest BCUT2D eigenvalue weighted by molar-refractivity contribution is 5.49. The maximum Gasteiger partial charge on any atom is 0.0672 e. The van der Waals surface area contributed by atoms with E-state index in [9.17, 15) is 0 Å². The lowest BCUT2D eigenvalue weighted by molar-refractivity contribution is 0.313. The Morgan fingerprint density at radius 1 is 1.29 bits per heavy atom. The molecule has 3 heteroatoms. The molecule has 0 N–H and O–H groups in total. The Hall–Kier alpha value is -1.35. The molecule has 2 aliphatic rings. The van der Waals surface area contributed by atoms with E-state index in [1.807, 2.05) is 16.8 Å². The average Bonchev–Trinajstić information content (AvgIpc) is 2.79. The summed E-state index contributed by atoms with van der Waals surface area (Å²) in [7, 11) is 0. The minimum atomic E-state index is 0.734. The van der Waals surface area contributed by atoms with Gasteiger partial charge in [-0.2, -0.15) is 5.10 Å². The Balaban J connectivity index is 1.61. The Morgan fingerprint density at radius 2 is 2.12 bits per heavy atom. The Morgan fingerprint density at radius 3 is 2.82 bits per heavy atom. The molecule has 1 saturated carbocycles. The molecular formula is C14H17N3. The summed E-state index contributed by atoms with van der Waals surface area (Å²) in [5.74, 6) is 2.48. The number of piperidine rings is 1. The Labute approximate surface area is 101 Å². The minimum Gasteiger partial charge on any atom is -0.303 e. The highest BCUT2D eigenvalue weighted by Gasteiger charge is 2.56. The van der Waals surface area contributed by atoms with Gasteiger partial charge in [0.05, 0.1) is 11.2 Å². The van der Waals surface area contributed by atoms with Crippen LogP contribution in [0.2, 0.25) is 0 Å². The predicted octanol–water partition coefficient (Wildman–Crippen LogP) is 2.00. The van der Waals surface area contributed by atoms with Crippen LogP contribution in [0, 0.1) is 11.8 Å². The molecule has 2 aromatic rings.